The molecule has 5 nitrogen and oxygen atoms in total. The third-order valence-corrected chi connectivity index (χ3v) is 4.03. The Morgan fingerprint density at radius 3 is 2.91 bits per heavy atom. The highest BCUT2D eigenvalue weighted by Crippen LogP contribution is 2.32. The van der Waals surface area contributed by atoms with Gasteiger partial charge in [-0.3, -0.25) is 9.69 Å². The second-order valence-corrected chi connectivity index (χ2v) is 6.27. The van der Waals surface area contributed by atoms with E-state index in [0.29, 0.717) is 29.8 Å². The van der Waals surface area contributed by atoms with Crippen molar-refractivity contribution in [3.8, 4) is 5.75 Å². The van der Waals surface area contributed by atoms with Crippen LogP contribution in [0.2, 0.25) is 5.02 Å². The van der Waals surface area contributed by atoms with Gasteiger partial charge in [0.1, 0.15) is 5.75 Å². The lowest BCUT2D eigenvalue weighted by atomic mass is 10.2. The molecule has 0 saturated heterocycles. The Bertz CT molecular complexity index is 520. The summed E-state index contributed by atoms with van der Waals surface area (Å²) < 4.78 is 5.25. The number of amides is 1. The molecule has 1 aliphatic rings. The first-order valence-corrected chi connectivity index (χ1v) is 7.83. The van der Waals surface area contributed by atoms with Gasteiger partial charge in [-0.15, -0.1) is 0 Å². The van der Waals surface area contributed by atoms with Crippen LogP contribution in [0.1, 0.15) is 18.4 Å². The van der Waals surface area contributed by atoms with Crippen LogP contribution in [0.5, 0.6) is 5.75 Å². The molecule has 6 heteroatoms. The number of hydrogen-bond acceptors (Lipinski definition) is 4. The number of nitrogens with one attached hydrogen (secondary N) is 1. The molecule has 1 aliphatic carbocycles. The van der Waals surface area contributed by atoms with Gasteiger partial charge < -0.3 is 15.2 Å². The fourth-order valence-electron chi connectivity index (χ4n) is 2.39. The zero-order valence-electron chi connectivity index (χ0n) is 13.0. The van der Waals surface area contributed by atoms with E-state index in [1.165, 1.54) is 0 Å². The number of halogens is 1. The summed E-state index contributed by atoms with van der Waals surface area (Å²) in [5.41, 5.74) is 0.837. The van der Waals surface area contributed by atoms with Crippen LogP contribution >= 0.6 is 11.6 Å². The van der Waals surface area contributed by atoms with Crippen molar-refractivity contribution in [1.29, 1.82) is 0 Å². The second kappa shape index (κ2) is 7.81. The number of ether oxygens (including phenoxy) is 1. The third kappa shape index (κ3) is 5.16. The van der Waals surface area contributed by atoms with E-state index in [9.17, 15) is 9.90 Å². The first-order chi connectivity index (χ1) is 10.5. The molecule has 1 amide bonds. The van der Waals surface area contributed by atoms with Crippen LogP contribution in [-0.2, 0) is 11.3 Å². The summed E-state index contributed by atoms with van der Waals surface area (Å²) in [6.45, 7) is 1.15. The molecule has 122 valence electrons. The summed E-state index contributed by atoms with van der Waals surface area (Å²) in [7, 11) is 3.42. The quantitative estimate of drug-likeness (QED) is 0.763. The summed E-state index contributed by atoms with van der Waals surface area (Å²) in [5, 5.41) is 13.3. The molecule has 1 aromatic rings. The van der Waals surface area contributed by atoms with Crippen LogP contribution in [-0.4, -0.2) is 49.3 Å². The molecule has 0 heterocycles. The van der Waals surface area contributed by atoms with Gasteiger partial charge in [0, 0.05) is 23.7 Å². The molecular formula is C16H23ClN2O3. The first-order valence-electron chi connectivity index (χ1n) is 7.45. The van der Waals surface area contributed by atoms with E-state index < -0.39 is 0 Å². The van der Waals surface area contributed by atoms with E-state index in [1.54, 1.807) is 25.3 Å². The molecule has 0 bridgehead atoms. The molecule has 1 atom stereocenters. The van der Waals surface area contributed by atoms with Crippen LogP contribution in [0.25, 0.3) is 0 Å². The standard InChI is InChI=1S/C16H23ClN2O3/c1-19(9-14(20)11-3-4-11)10-16(21)18-8-12-7-13(17)5-6-15(12)22-2/h5-7,11,14,20H,3-4,8-10H2,1-2H3,(H,18,21). The van der Waals surface area contributed by atoms with Gasteiger partial charge in [-0.1, -0.05) is 11.6 Å². The molecule has 1 fully saturated rings. The van der Waals surface area contributed by atoms with Crippen LogP contribution < -0.4 is 10.1 Å². The van der Waals surface area contributed by atoms with E-state index in [0.717, 1.165) is 18.4 Å². The molecule has 1 unspecified atom stereocenters. The minimum Gasteiger partial charge on any atom is -0.496 e. The number of rotatable bonds is 8. The molecule has 1 saturated carbocycles. The summed E-state index contributed by atoms with van der Waals surface area (Å²) in [6.07, 6.45) is 1.86. The van der Waals surface area contributed by atoms with Crippen LogP contribution in [0.15, 0.2) is 18.2 Å². The van der Waals surface area contributed by atoms with E-state index >= 15 is 0 Å². The third-order valence-electron chi connectivity index (χ3n) is 3.80. The monoisotopic (exact) mass is 326 g/mol. The summed E-state index contributed by atoms with van der Waals surface area (Å²) >= 11 is 5.96. The maximum Gasteiger partial charge on any atom is 0.234 e. The van der Waals surface area contributed by atoms with Gasteiger partial charge in [-0.25, -0.2) is 0 Å². The van der Waals surface area contributed by atoms with Crippen molar-refractivity contribution in [3.05, 3.63) is 28.8 Å². The zero-order chi connectivity index (χ0) is 16.1. The fourth-order valence-corrected chi connectivity index (χ4v) is 2.59. The Labute approximate surface area is 136 Å². The highest BCUT2D eigenvalue weighted by molar-refractivity contribution is 6.30. The summed E-state index contributed by atoms with van der Waals surface area (Å²) in [5.74, 6) is 1.02. The topological polar surface area (TPSA) is 61.8 Å². The molecule has 22 heavy (non-hydrogen) atoms. The van der Waals surface area contributed by atoms with Gasteiger partial charge in [0.05, 0.1) is 19.8 Å². The molecular weight excluding hydrogens is 304 g/mol. The van der Waals surface area contributed by atoms with E-state index in [-0.39, 0.29) is 18.6 Å². The lowest BCUT2D eigenvalue weighted by molar-refractivity contribution is -0.122. The number of aliphatic hydroxyl groups is 1. The van der Waals surface area contributed by atoms with Crippen molar-refractivity contribution in [2.75, 3.05) is 27.2 Å². The predicted molar refractivity (Wildman–Crippen MR) is 86.1 cm³/mol. The summed E-state index contributed by atoms with van der Waals surface area (Å²) in [4.78, 5) is 13.8. The van der Waals surface area contributed by atoms with Gasteiger partial charge in [0.15, 0.2) is 0 Å². The Hall–Kier alpha value is -1.30. The second-order valence-electron chi connectivity index (χ2n) is 5.83. The van der Waals surface area contributed by atoms with Gasteiger partial charge in [0.2, 0.25) is 5.91 Å². The maximum absolute atomic E-state index is 12.0. The highest BCUT2D eigenvalue weighted by Gasteiger charge is 2.30. The molecule has 0 aliphatic heterocycles. The van der Waals surface area contributed by atoms with Crippen molar-refractivity contribution in [3.63, 3.8) is 0 Å². The van der Waals surface area contributed by atoms with Gasteiger partial charge in [0.25, 0.3) is 0 Å². The van der Waals surface area contributed by atoms with Crippen LogP contribution in [0, 0.1) is 5.92 Å². The van der Waals surface area contributed by atoms with Crippen molar-refractivity contribution in [2.24, 2.45) is 5.92 Å². The Balaban J connectivity index is 1.78. The largest absolute Gasteiger partial charge is 0.496 e. The Kier molecular flexibility index (Phi) is 6.06. The average molecular weight is 327 g/mol. The number of benzene rings is 1. The van der Waals surface area contributed by atoms with Crippen LogP contribution in [0.3, 0.4) is 0 Å². The molecule has 0 radical (unpaired) electrons. The SMILES string of the molecule is COc1ccc(Cl)cc1CNC(=O)CN(C)CC(O)C1CC1. The number of aliphatic hydroxyl groups excluding tert-OH is 1. The van der Waals surface area contributed by atoms with Crippen LogP contribution in [0.4, 0.5) is 0 Å². The lowest BCUT2D eigenvalue weighted by Gasteiger charge is -2.20. The van der Waals surface area contributed by atoms with Gasteiger partial charge in [-0.05, 0) is 44.0 Å². The number of hydrogen-bond donors (Lipinski definition) is 2. The summed E-state index contributed by atoms with van der Waals surface area (Å²) in [6, 6.07) is 5.31. The van der Waals surface area contributed by atoms with Gasteiger partial charge in [-0.2, -0.15) is 0 Å². The number of carbonyl (C=O) groups is 1. The number of likely N-dealkylation sites (N-methyl/N-ethyl adjacent to an activating group) is 1. The average Bonchev–Trinajstić information content (AvgIpc) is 3.29. The minimum absolute atomic E-state index is 0.0903. The Morgan fingerprint density at radius 2 is 2.27 bits per heavy atom. The first kappa shape index (κ1) is 17.1. The van der Waals surface area contributed by atoms with Crippen molar-refractivity contribution >= 4 is 17.5 Å². The molecule has 0 aromatic heterocycles. The number of methoxy groups -OCH3 is 1. The molecule has 2 N–H and O–H groups in total. The number of carbonyl (C=O) groups excluding carboxylic acids is 1. The van der Waals surface area contributed by atoms with Crippen molar-refractivity contribution in [2.45, 2.75) is 25.5 Å². The molecule has 2 rings (SSSR count). The van der Waals surface area contributed by atoms with E-state index in [4.69, 9.17) is 16.3 Å². The van der Waals surface area contributed by atoms with E-state index in [1.807, 2.05) is 11.9 Å². The zero-order valence-corrected chi connectivity index (χ0v) is 13.8. The highest BCUT2D eigenvalue weighted by atomic mass is 35.5. The smallest absolute Gasteiger partial charge is 0.234 e. The van der Waals surface area contributed by atoms with E-state index in [2.05, 4.69) is 5.32 Å². The predicted octanol–water partition coefficient (Wildman–Crippen LogP) is 1.67. The van der Waals surface area contributed by atoms with Gasteiger partial charge >= 0.3 is 0 Å². The molecule has 0 spiro atoms. The number of nitrogens with zero attached hydrogens (tertiary/aromatic N) is 1. The normalized spacial score (nSPS) is 15.7. The maximum atomic E-state index is 12.0. The fraction of sp³-hybridized carbons (Fsp3) is 0.562. The van der Waals surface area contributed by atoms with Crippen molar-refractivity contribution in [1.82, 2.24) is 10.2 Å². The minimum atomic E-state index is -0.328. The Morgan fingerprint density at radius 1 is 1.55 bits per heavy atom. The molecule has 1 aromatic carbocycles. The van der Waals surface area contributed by atoms with Crippen molar-refractivity contribution < 1.29 is 14.6 Å². The lowest BCUT2D eigenvalue weighted by Crippen LogP contribution is -2.39.